The van der Waals surface area contributed by atoms with Crippen LogP contribution in [-0.4, -0.2) is 51.9 Å². The molecule has 4 heterocycles. The minimum Gasteiger partial charge on any atom is -0.438 e. The number of amides is 1. The standard InChI is InChI=1S/C21H20N4O2S/c26-21(17-12-15-4-1-2-5-16(15)23-17)25-9-7-24(8-10-25)14-20-22-13-18(27-20)19-6-3-11-28-19/h1-6,11-13,23H,7-10,14H2. The van der Waals surface area contributed by atoms with Crippen LogP contribution in [0.4, 0.5) is 0 Å². The lowest BCUT2D eigenvalue weighted by molar-refractivity contribution is 0.0613. The molecule has 5 rings (SSSR count). The predicted molar refractivity (Wildman–Crippen MR) is 109 cm³/mol. The molecule has 1 aromatic carbocycles. The van der Waals surface area contributed by atoms with Gasteiger partial charge >= 0.3 is 0 Å². The van der Waals surface area contributed by atoms with Crippen molar-refractivity contribution < 1.29 is 9.21 Å². The summed E-state index contributed by atoms with van der Waals surface area (Å²) in [5.74, 6) is 1.60. The number of hydrogen-bond acceptors (Lipinski definition) is 5. The van der Waals surface area contributed by atoms with Crippen LogP contribution in [0.3, 0.4) is 0 Å². The van der Waals surface area contributed by atoms with Crippen LogP contribution in [0.2, 0.25) is 0 Å². The van der Waals surface area contributed by atoms with Gasteiger partial charge in [-0.1, -0.05) is 24.3 Å². The van der Waals surface area contributed by atoms with Crippen molar-refractivity contribution in [1.82, 2.24) is 19.8 Å². The molecule has 0 atom stereocenters. The first-order valence-corrected chi connectivity index (χ1v) is 10.2. The van der Waals surface area contributed by atoms with Gasteiger partial charge in [-0.2, -0.15) is 0 Å². The third-order valence-corrected chi connectivity index (χ3v) is 5.98. The molecule has 1 aliphatic rings. The Bertz CT molecular complexity index is 1060. The Labute approximate surface area is 166 Å². The Morgan fingerprint density at radius 2 is 2.00 bits per heavy atom. The van der Waals surface area contributed by atoms with Crippen molar-refractivity contribution in [3.05, 3.63) is 65.6 Å². The SMILES string of the molecule is O=C(c1cc2ccccc2[nH]1)N1CCN(Cc2ncc(-c3cccs3)o2)CC1. The van der Waals surface area contributed by atoms with Crippen LogP contribution in [0.1, 0.15) is 16.4 Å². The molecule has 0 aliphatic carbocycles. The molecule has 1 saturated heterocycles. The number of thiophene rings is 1. The molecule has 0 bridgehead atoms. The number of para-hydroxylation sites is 1. The average Bonchev–Trinajstić information content (AvgIpc) is 3.47. The Morgan fingerprint density at radius 1 is 1.14 bits per heavy atom. The summed E-state index contributed by atoms with van der Waals surface area (Å²) in [5.41, 5.74) is 1.65. The normalized spacial score (nSPS) is 15.4. The summed E-state index contributed by atoms with van der Waals surface area (Å²) in [6, 6.07) is 13.9. The maximum absolute atomic E-state index is 12.8. The van der Waals surface area contributed by atoms with Crippen LogP contribution in [0.15, 0.2) is 58.5 Å². The smallest absolute Gasteiger partial charge is 0.270 e. The lowest BCUT2D eigenvalue weighted by Crippen LogP contribution is -2.48. The van der Waals surface area contributed by atoms with Crippen LogP contribution in [0, 0.1) is 0 Å². The van der Waals surface area contributed by atoms with E-state index in [9.17, 15) is 4.79 Å². The topological polar surface area (TPSA) is 65.4 Å². The van der Waals surface area contributed by atoms with Crippen molar-refractivity contribution in [3.8, 4) is 10.6 Å². The zero-order valence-corrected chi connectivity index (χ0v) is 16.1. The zero-order chi connectivity index (χ0) is 18.9. The number of fused-ring (bicyclic) bond motifs is 1. The molecule has 28 heavy (non-hydrogen) atoms. The number of H-pyrrole nitrogens is 1. The number of aromatic amines is 1. The molecule has 142 valence electrons. The third-order valence-electron chi connectivity index (χ3n) is 5.10. The first-order valence-electron chi connectivity index (χ1n) is 9.34. The summed E-state index contributed by atoms with van der Waals surface area (Å²) in [7, 11) is 0. The number of aromatic nitrogens is 2. The van der Waals surface area contributed by atoms with E-state index in [0.29, 0.717) is 25.3 Å². The molecule has 6 nitrogen and oxygen atoms in total. The van der Waals surface area contributed by atoms with Gasteiger partial charge in [0.1, 0.15) is 5.69 Å². The molecular weight excluding hydrogens is 372 g/mol. The second-order valence-corrected chi connectivity index (χ2v) is 7.88. The molecule has 0 unspecified atom stereocenters. The van der Waals surface area contributed by atoms with Gasteiger partial charge in [0.25, 0.3) is 5.91 Å². The molecule has 1 fully saturated rings. The van der Waals surface area contributed by atoms with Crippen molar-refractivity contribution in [1.29, 1.82) is 0 Å². The molecule has 1 N–H and O–H groups in total. The number of carbonyl (C=O) groups excluding carboxylic acids is 1. The number of rotatable bonds is 4. The van der Waals surface area contributed by atoms with Crippen LogP contribution in [0.5, 0.6) is 0 Å². The van der Waals surface area contributed by atoms with Crippen molar-refractivity contribution >= 4 is 28.1 Å². The highest BCUT2D eigenvalue weighted by molar-refractivity contribution is 7.13. The highest BCUT2D eigenvalue weighted by Crippen LogP contribution is 2.25. The molecule has 4 aromatic rings. The lowest BCUT2D eigenvalue weighted by atomic mass is 10.2. The number of nitrogens with one attached hydrogen (secondary N) is 1. The first kappa shape index (κ1) is 17.2. The summed E-state index contributed by atoms with van der Waals surface area (Å²) in [6.45, 7) is 3.69. The molecule has 7 heteroatoms. The van der Waals surface area contributed by atoms with E-state index in [-0.39, 0.29) is 5.91 Å². The van der Waals surface area contributed by atoms with Gasteiger partial charge in [-0.05, 0) is 23.6 Å². The van der Waals surface area contributed by atoms with Gasteiger partial charge in [-0.3, -0.25) is 9.69 Å². The van der Waals surface area contributed by atoms with Gasteiger partial charge in [0, 0.05) is 37.1 Å². The highest BCUT2D eigenvalue weighted by Gasteiger charge is 2.24. The fourth-order valence-electron chi connectivity index (χ4n) is 3.58. The van der Waals surface area contributed by atoms with Crippen molar-refractivity contribution in [3.63, 3.8) is 0 Å². The van der Waals surface area contributed by atoms with Gasteiger partial charge in [0.05, 0.1) is 17.6 Å². The highest BCUT2D eigenvalue weighted by atomic mass is 32.1. The Hall–Kier alpha value is -2.90. The Morgan fingerprint density at radius 3 is 2.79 bits per heavy atom. The number of hydrogen-bond donors (Lipinski definition) is 1. The maximum Gasteiger partial charge on any atom is 0.270 e. The minimum atomic E-state index is 0.0620. The second kappa shape index (κ2) is 7.26. The van der Waals surface area contributed by atoms with Crippen LogP contribution in [0.25, 0.3) is 21.5 Å². The number of carbonyl (C=O) groups is 1. The molecular formula is C21H20N4O2S. The average molecular weight is 392 g/mol. The van der Waals surface area contributed by atoms with Crippen LogP contribution in [-0.2, 0) is 6.54 Å². The number of piperazine rings is 1. The maximum atomic E-state index is 12.8. The molecule has 3 aromatic heterocycles. The summed E-state index contributed by atoms with van der Waals surface area (Å²) in [6.07, 6.45) is 1.79. The number of benzene rings is 1. The van der Waals surface area contributed by atoms with E-state index in [1.807, 2.05) is 52.7 Å². The number of oxazole rings is 1. The summed E-state index contributed by atoms with van der Waals surface area (Å²) >= 11 is 1.64. The molecule has 1 amide bonds. The molecule has 0 spiro atoms. The Balaban J connectivity index is 1.20. The Kier molecular flexibility index (Phi) is 4.46. The monoisotopic (exact) mass is 392 g/mol. The molecule has 0 saturated carbocycles. The largest absolute Gasteiger partial charge is 0.438 e. The first-order chi connectivity index (χ1) is 13.8. The van der Waals surface area contributed by atoms with E-state index >= 15 is 0 Å². The zero-order valence-electron chi connectivity index (χ0n) is 15.3. The fraction of sp³-hybridized carbons (Fsp3) is 0.238. The van der Waals surface area contributed by atoms with Crippen molar-refractivity contribution in [2.45, 2.75) is 6.54 Å². The van der Waals surface area contributed by atoms with Gasteiger partial charge < -0.3 is 14.3 Å². The summed E-state index contributed by atoms with van der Waals surface area (Å²) in [4.78, 5) is 25.7. The fourth-order valence-corrected chi connectivity index (χ4v) is 4.25. The predicted octanol–water partition coefficient (Wildman–Crippen LogP) is 3.84. The number of nitrogens with zero attached hydrogens (tertiary/aromatic N) is 3. The third kappa shape index (κ3) is 3.34. The van der Waals surface area contributed by atoms with Crippen molar-refractivity contribution in [2.75, 3.05) is 26.2 Å². The summed E-state index contributed by atoms with van der Waals surface area (Å²) in [5, 5.41) is 3.09. The van der Waals surface area contributed by atoms with E-state index in [0.717, 1.165) is 40.5 Å². The van der Waals surface area contributed by atoms with Gasteiger partial charge in [0.2, 0.25) is 5.89 Å². The van der Waals surface area contributed by atoms with E-state index in [2.05, 4.69) is 14.9 Å². The van der Waals surface area contributed by atoms with E-state index in [1.165, 1.54) is 0 Å². The lowest BCUT2D eigenvalue weighted by Gasteiger charge is -2.33. The molecule has 0 radical (unpaired) electrons. The van der Waals surface area contributed by atoms with E-state index in [4.69, 9.17) is 4.42 Å². The van der Waals surface area contributed by atoms with Crippen LogP contribution < -0.4 is 0 Å². The van der Waals surface area contributed by atoms with Crippen LogP contribution >= 0.6 is 11.3 Å². The quantitative estimate of drug-likeness (QED) is 0.573. The molecule has 1 aliphatic heterocycles. The second-order valence-electron chi connectivity index (χ2n) is 6.93. The minimum absolute atomic E-state index is 0.0620. The van der Waals surface area contributed by atoms with E-state index < -0.39 is 0 Å². The van der Waals surface area contributed by atoms with Gasteiger partial charge in [-0.15, -0.1) is 11.3 Å². The van der Waals surface area contributed by atoms with Crippen molar-refractivity contribution in [2.24, 2.45) is 0 Å². The van der Waals surface area contributed by atoms with E-state index in [1.54, 1.807) is 17.5 Å². The van der Waals surface area contributed by atoms with Gasteiger partial charge in [-0.25, -0.2) is 4.98 Å². The van der Waals surface area contributed by atoms with Gasteiger partial charge in [0.15, 0.2) is 5.76 Å². The summed E-state index contributed by atoms with van der Waals surface area (Å²) < 4.78 is 5.88.